The van der Waals surface area contributed by atoms with E-state index in [1.54, 1.807) is 11.0 Å². The highest BCUT2D eigenvalue weighted by Crippen LogP contribution is 2.41. The molecule has 0 spiro atoms. The molecule has 1 aromatic carbocycles. The lowest BCUT2D eigenvalue weighted by atomic mass is 9.98. The fourth-order valence-corrected chi connectivity index (χ4v) is 4.53. The van der Waals surface area contributed by atoms with Gasteiger partial charge in [0.15, 0.2) is 5.82 Å². The molecule has 2 aliphatic heterocycles. The first-order valence-electron chi connectivity index (χ1n) is 10.3. The van der Waals surface area contributed by atoms with Crippen LogP contribution in [0.3, 0.4) is 0 Å². The van der Waals surface area contributed by atoms with Crippen LogP contribution in [0.2, 0.25) is 0 Å². The van der Waals surface area contributed by atoms with Crippen molar-refractivity contribution in [3.63, 3.8) is 0 Å². The zero-order chi connectivity index (χ0) is 23.2. The fraction of sp³-hybridized carbons (Fsp3) is 0.318. The number of aromatic nitrogens is 4. The van der Waals surface area contributed by atoms with Crippen molar-refractivity contribution in [3.8, 4) is 17.4 Å². The van der Waals surface area contributed by atoms with Crippen molar-refractivity contribution in [2.24, 2.45) is 0 Å². The van der Waals surface area contributed by atoms with Gasteiger partial charge in [0.25, 0.3) is 5.91 Å². The Kier molecular flexibility index (Phi) is 5.18. The van der Waals surface area contributed by atoms with Crippen LogP contribution in [-0.2, 0) is 6.18 Å². The number of benzene rings is 1. The average Bonchev–Trinajstić information content (AvgIpc) is 3.36. The second kappa shape index (κ2) is 8.05. The molecule has 2 bridgehead atoms. The highest BCUT2D eigenvalue weighted by molar-refractivity contribution is 6.01. The van der Waals surface area contributed by atoms with Gasteiger partial charge >= 0.3 is 12.2 Å². The van der Waals surface area contributed by atoms with Gasteiger partial charge in [0.2, 0.25) is 0 Å². The maximum Gasteiger partial charge on any atom is 0.419 e. The predicted octanol–water partition coefficient (Wildman–Crippen LogP) is 3.92. The van der Waals surface area contributed by atoms with E-state index < -0.39 is 23.7 Å². The average molecular weight is 459 g/mol. The Morgan fingerprint density at radius 2 is 1.76 bits per heavy atom. The standard InChI is InChI=1S/C22H17F4N5O2/c23-15-4-1-3-14(18(15)19-27-7-2-8-28-19)20(32)31-13-5-6-16(31)17(9-13)33-21-29-10-12(11-30-21)22(24,25)26/h1-4,7-8,10-11,13,16-17H,5-6,9H2. The number of hydrogen-bond acceptors (Lipinski definition) is 6. The van der Waals surface area contributed by atoms with Gasteiger partial charge in [-0.15, -0.1) is 0 Å². The van der Waals surface area contributed by atoms with Crippen LogP contribution in [0, 0.1) is 5.82 Å². The van der Waals surface area contributed by atoms with E-state index in [2.05, 4.69) is 19.9 Å². The van der Waals surface area contributed by atoms with Crippen LogP contribution >= 0.6 is 0 Å². The van der Waals surface area contributed by atoms with Crippen LogP contribution in [0.4, 0.5) is 17.6 Å². The van der Waals surface area contributed by atoms with Gasteiger partial charge in [0.05, 0.1) is 22.7 Å². The third kappa shape index (κ3) is 3.87. The van der Waals surface area contributed by atoms with Crippen molar-refractivity contribution in [3.05, 3.63) is 66.0 Å². The fourth-order valence-electron chi connectivity index (χ4n) is 4.53. The summed E-state index contributed by atoms with van der Waals surface area (Å²) >= 11 is 0. The Labute approximate surface area is 185 Å². The molecule has 2 aromatic heterocycles. The highest BCUT2D eigenvalue weighted by Gasteiger charge is 2.50. The molecule has 7 nitrogen and oxygen atoms in total. The quantitative estimate of drug-likeness (QED) is 0.551. The number of amides is 1. The Balaban J connectivity index is 1.39. The number of alkyl halides is 3. The Morgan fingerprint density at radius 3 is 2.45 bits per heavy atom. The largest absolute Gasteiger partial charge is 0.458 e. The number of fused-ring (bicyclic) bond motifs is 2. The monoisotopic (exact) mass is 459 g/mol. The van der Waals surface area contributed by atoms with E-state index in [1.807, 2.05) is 0 Å². The molecule has 0 saturated carbocycles. The van der Waals surface area contributed by atoms with E-state index in [9.17, 15) is 22.4 Å². The minimum Gasteiger partial charge on any atom is -0.458 e. The van der Waals surface area contributed by atoms with Gasteiger partial charge in [-0.2, -0.15) is 13.2 Å². The van der Waals surface area contributed by atoms with Gasteiger partial charge in [-0.25, -0.2) is 24.3 Å². The van der Waals surface area contributed by atoms with E-state index in [0.717, 1.165) is 6.42 Å². The highest BCUT2D eigenvalue weighted by atomic mass is 19.4. The topological polar surface area (TPSA) is 81.1 Å². The summed E-state index contributed by atoms with van der Waals surface area (Å²) < 4.78 is 58.6. The van der Waals surface area contributed by atoms with Crippen molar-refractivity contribution < 1.29 is 27.1 Å². The summed E-state index contributed by atoms with van der Waals surface area (Å²) in [6.07, 6.45) is 1.12. The minimum atomic E-state index is -4.54. The Bertz CT molecular complexity index is 1170. The van der Waals surface area contributed by atoms with E-state index in [-0.39, 0.29) is 41.0 Å². The maximum atomic E-state index is 14.7. The lowest BCUT2D eigenvalue weighted by Gasteiger charge is -2.25. The number of rotatable bonds is 4. The minimum absolute atomic E-state index is 0.0259. The first kappa shape index (κ1) is 21.2. The van der Waals surface area contributed by atoms with Crippen LogP contribution in [-0.4, -0.2) is 48.9 Å². The van der Waals surface area contributed by atoms with Crippen molar-refractivity contribution in [1.29, 1.82) is 0 Å². The van der Waals surface area contributed by atoms with Crippen molar-refractivity contribution >= 4 is 5.91 Å². The van der Waals surface area contributed by atoms with Gasteiger partial charge < -0.3 is 9.64 Å². The summed E-state index contributed by atoms with van der Waals surface area (Å²) in [7, 11) is 0. The van der Waals surface area contributed by atoms with Gasteiger partial charge in [-0.3, -0.25) is 4.79 Å². The van der Waals surface area contributed by atoms with E-state index >= 15 is 0 Å². The molecule has 1 amide bonds. The van der Waals surface area contributed by atoms with Crippen LogP contribution in [0.15, 0.2) is 49.1 Å². The molecule has 33 heavy (non-hydrogen) atoms. The zero-order valence-corrected chi connectivity index (χ0v) is 17.0. The Morgan fingerprint density at radius 1 is 1.03 bits per heavy atom. The van der Waals surface area contributed by atoms with Crippen LogP contribution in [0.1, 0.15) is 35.2 Å². The van der Waals surface area contributed by atoms with Gasteiger partial charge in [-0.05, 0) is 31.0 Å². The summed E-state index contributed by atoms with van der Waals surface area (Å²) in [5.74, 6) is -0.870. The van der Waals surface area contributed by atoms with Gasteiger partial charge in [0, 0.05) is 37.3 Å². The predicted molar refractivity (Wildman–Crippen MR) is 106 cm³/mol. The summed E-state index contributed by atoms with van der Waals surface area (Å²) in [4.78, 5) is 30.7. The van der Waals surface area contributed by atoms with Gasteiger partial charge in [-0.1, -0.05) is 6.07 Å². The normalized spacial score (nSPS) is 21.9. The van der Waals surface area contributed by atoms with Crippen LogP contribution in [0.25, 0.3) is 11.4 Å². The van der Waals surface area contributed by atoms with Crippen molar-refractivity contribution in [1.82, 2.24) is 24.8 Å². The first-order chi connectivity index (χ1) is 15.8. The molecular formula is C22H17F4N5O2. The second-order valence-corrected chi connectivity index (χ2v) is 7.89. The molecular weight excluding hydrogens is 442 g/mol. The number of nitrogens with zero attached hydrogens (tertiary/aromatic N) is 5. The summed E-state index contributed by atoms with van der Waals surface area (Å²) in [5, 5.41) is 0. The van der Waals surface area contributed by atoms with Crippen LogP contribution in [0.5, 0.6) is 6.01 Å². The molecule has 3 unspecified atom stereocenters. The van der Waals surface area contributed by atoms with E-state index in [4.69, 9.17) is 4.74 Å². The molecule has 0 N–H and O–H groups in total. The molecule has 5 rings (SSSR count). The summed E-state index contributed by atoms with van der Waals surface area (Å²) in [5.41, 5.74) is -0.802. The van der Waals surface area contributed by atoms with Gasteiger partial charge in [0.1, 0.15) is 11.9 Å². The maximum absolute atomic E-state index is 14.7. The zero-order valence-electron chi connectivity index (χ0n) is 17.0. The van der Waals surface area contributed by atoms with E-state index in [1.165, 1.54) is 30.6 Å². The number of carbonyl (C=O) groups excluding carboxylic acids is 1. The Hall–Kier alpha value is -3.63. The van der Waals surface area contributed by atoms with E-state index in [0.29, 0.717) is 25.2 Å². The third-order valence-corrected chi connectivity index (χ3v) is 5.96. The molecule has 11 heteroatoms. The SMILES string of the molecule is O=C(c1cccc(F)c1-c1ncccn1)N1C2CCC1C(Oc1ncc(C(F)(F)F)cn1)C2. The number of halogens is 4. The molecule has 0 aliphatic carbocycles. The van der Waals surface area contributed by atoms with Crippen molar-refractivity contribution in [2.75, 3.05) is 0 Å². The molecule has 2 fully saturated rings. The molecule has 4 heterocycles. The lowest BCUT2D eigenvalue weighted by molar-refractivity contribution is -0.138. The molecule has 2 saturated heterocycles. The summed E-state index contributed by atoms with van der Waals surface area (Å²) in [6, 6.07) is 5.17. The second-order valence-electron chi connectivity index (χ2n) is 7.89. The van der Waals surface area contributed by atoms with Crippen LogP contribution < -0.4 is 4.74 Å². The lowest BCUT2D eigenvalue weighted by Crippen LogP contribution is -2.39. The molecule has 0 radical (unpaired) electrons. The smallest absolute Gasteiger partial charge is 0.419 e. The molecule has 3 aromatic rings. The molecule has 2 aliphatic rings. The number of ether oxygens (including phenoxy) is 1. The third-order valence-electron chi connectivity index (χ3n) is 5.96. The number of carbonyl (C=O) groups is 1. The molecule has 170 valence electrons. The molecule has 3 atom stereocenters. The number of hydrogen-bond donors (Lipinski definition) is 0. The first-order valence-corrected chi connectivity index (χ1v) is 10.3. The van der Waals surface area contributed by atoms with Crippen molar-refractivity contribution in [2.45, 2.75) is 43.6 Å². The summed E-state index contributed by atoms with van der Waals surface area (Å²) in [6.45, 7) is 0.